The number of ether oxygens (including phenoxy) is 2. The molecule has 0 aliphatic heterocycles. The summed E-state index contributed by atoms with van der Waals surface area (Å²) in [6, 6.07) is 4.27. The highest BCUT2D eigenvalue weighted by atomic mass is 16.5. The number of pyridine rings is 1. The molecule has 0 unspecified atom stereocenters. The number of rotatable bonds is 6. The van der Waals surface area contributed by atoms with Crippen LogP contribution >= 0.6 is 0 Å². The second-order valence-electron chi connectivity index (χ2n) is 9.08. The van der Waals surface area contributed by atoms with Crippen LogP contribution in [0.2, 0.25) is 0 Å². The predicted molar refractivity (Wildman–Crippen MR) is 124 cm³/mol. The molecule has 4 aromatic rings. The Labute approximate surface area is 197 Å². The smallest absolute Gasteiger partial charge is 0.321 e. The van der Waals surface area contributed by atoms with E-state index in [2.05, 4.69) is 38.9 Å². The van der Waals surface area contributed by atoms with Crippen molar-refractivity contribution in [3.05, 3.63) is 41.6 Å². The Hall–Kier alpha value is -3.56. The van der Waals surface area contributed by atoms with Crippen LogP contribution in [0.4, 0.5) is 0 Å². The molecule has 4 aromatic heterocycles. The Bertz CT molecular complexity index is 1310. The second-order valence-corrected chi connectivity index (χ2v) is 9.08. The van der Waals surface area contributed by atoms with E-state index in [0.29, 0.717) is 17.5 Å². The minimum Gasteiger partial charge on any atom is -0.481 e. The van der Waals surface area contributed by atoms with Gasteiger partial charge in [-0.15, -0.1) is 0 Å². The van der Waals surface area contributed by atoms with Gasteiger partial charge in [-0.2, -0.15) is 19.6 Å². The van der Waals surface area contributed by atoms with Crippen molar-refractivity contribution >= 4 is 5.65 Å². The molecule has 0 saturated heterocycles. The van der Waals surface area contributed by atoms with E-state index in [1.165, 1.54) is 6.33 Å². The number of aryl methyl sites for hydroxylation is 2. The van der Waals surface area contributed by atoms with Gasteiger partial charge in [0.15, 0.2) is 11.5 Å². The van der Waals surface area contributed by atoms with Crippen molar-refractivity contribution in [1.29, 1.82) is 0 Å². The molecule has 0 atom stereocenters. The van der Waals surface area contributed by atoms with Crippen molar-refractivity contribution in [2.24, 2.45) is 0 Å². The minimum absolute atomic E-state index is 0.0409. The van der Waals surface area contributed by atoms with Crippen LogP contribution in [0.1, 0.15) is 74.5 Å². The first-order chi connectivity index (χ1) is 16.4. The van der Waals surface area contributed by atoms with Crippen LogP contribution in [-0.2, 0) is 0 Å². The van der Waals surface area contributed by atoms with Crippen LogP contribution in [0.25, 0.3) is 16.8 Å². The summed E-state index contributed by atoms with van der Waals surface area (Å²) in [4.78, 5) is 18.0. The molecule has 0 N–H and O–H groups in total. The molecule has 0 spiro atoms. The lowest BCUT2D eigenvalue weighted by Crippen LogP contribution is -2.25. The summed E-state index contributed by atoms with van der Waals surface area (Å²) in [5.41, 5.74) is 4.25. The third-order valence-electron chi connectivity index (χ3n) is 6.37. The van der Waals surface area contributed by atoms with Gasteiger partial charge >= 0.3 is 6.01 Å². The molecule has 10 nitrogen and oxygen atoms in total. The van der Waals surface area contributed by atoms with E-state index in [9.17, 15) is 0 Å². The van der Waals surface area contributed by atoms with Crippen molar-refractivity contribution in [1.82, 2.24) is 34.7 Å². The number of methoxy groups -OCH3 is 1. The Kier molecular flexibility index (Phi) is 5.89. The number of fused-ring (bicyclic) bond motifs is 1. The van der Waals surface area contributed by atoms with E-state index in [1.54, 1.807) is 11.6 Å². The minimum atomic E-state index is 0.0409. The average molecular weight is 464 g/mol. The largest absolute Gasteiger partial charge is 0.481 e. The first-order valence-corrected chi connectivity index (χ1v) is 11.7. The van der Waals surface area contributed by atoms with E-state index >= 15 is 0 Å². The summed E-state index contributed by atoms with van der Waals surface area (Å²) in [5, 5.41) is 8.80. The molecular weight excluding hydrogens is 434 g/mol. The zero-order valence-corrected chi connectivity index (χ0v) is 20.1. The molecule has 0 aromatic carbocycles. The van der Waals surface area contributed by atoms with Crippen molar-refractivity contribution < 1.29 is 14.0 Å². The molecule has 0 radical (unpaired) electrons. The molecule has 1 fully saturated rings. The maximum Gasteiger partial charge on any atom is 0.321 e. The molecule has 4 heterocycles. The van der Waals surface area contributed by atoms with Crippen LogP contribution in [0, 0.1) is 13.8 Å². The van der Waals surface area contributed by atoms with Crippen molar-refractivity contribution in [3.8, 4) is 23.0 Å². The maximum atomic E-state index is 6.31. The summed E-state index contributed by atoms with van der Waals surface area (Å²) in [5.74, 6) is 2.61. The third kappa shape index (κ3) is 4.08. The summed E-state index contributed by atoms with van der Waals surface area (Å²) >= 11 is 0. The van der Waals surface area contributed by atoms with Crippen LogP contribution in [-0.4, -0.2) is 47.9 Å². The fourth-order valence-electron chi connectivity index (χ4n) is 4.49. The standard InChI is InChI=1S/C24H29N7O3/c1-13(2)21-28-23(34-30-21)16-6-8-17(9-7-16)33-24-26-12-25-22-20(15(4)29-31(22)24)18-10-11-19(32-5)27-14(18)3/h10-13,16-17H,6-9H2,1-5H3. The zero-order chi connectivity index (χ0) is 23.8. The van der Waals surface area contributed by atoms with E-state index < -0.39 is 0 Å². The molecule has 1 saturated carbocycles. The lowest BCUT2D eigenvalue weighted by atomic mass is 9.87. The van der Waals surface area contributed by atoms with Gasteiger partial charge in [-0.3, -0.25) is 0 Å². The van der Waals surface area contributed by atoms with Gasteiger partial charge in [-0.1, -0.05) is 19.0 Å². The molecule has 1 aliphatic rings. The lowest BCUT2D eigenvalue weighted by molar-refractivity contribution is 0.124. The average Bonchev–Trinajstić information content (AvgIpc) is 3.45. The van der Waals surface area contributed by atoms with Crippen LogP contribution in [0.5, 0.6) is 11.9 Å². The van der Waals surface area contributed by atoms with Gasteiger partial charge in [0, 0.05) is 29.2 Å². The summed E-state index contributed by atoms with van der Waals surface area (Å²) in [6.07, 6.45) is 5.18. The predicted octanol–water partition coefficient (Wildman–Crippen LogP) is 4.42. The molecule has 5 rings (SSSR count). The fraction of sp³-hybridized carbons (Fsp3) is 0.500. The number of hydrogen-bond acceptors (Lipinski definition) is 9. The SMILES string of the molecule is COc1ccc(-c2c(C)nn3c(OC4CCC(c5nc(C(C)C)no5)CC4)ncnc23)c(C)n1. The van der Waals surface area contributed by atoms with Crippen LogP contribution in [0.15, 0.2) is 23.0 Å². The van der Waals surface area contributed by atoms with Gasteiger partial charge in [0.25, 0.3) is 0 Å². The van der Waals surface area contributed by atoms with Gasteiger partial charge in [-0.25, -0.2) is 9.97 Å². The van der Waals surface area contributed by atoms with E-state index in [1.807, 2.05) is 26.0 Å². The highest BCUT2D eigenvalue weighted by Crippen LogP contribution is 2.35. The molecule has 10 heteroatoms. The molecule has 0 bridgehead atoms. The Morgan fingerprint density at radius 1 is 1.03 bits per heavy atom. The third-order valence-corrected chi connectivity index (χ3v) is 6.37. The van der Waals surface area contributed by atoms with E-state index in [4.69, 9.17) is 19.1 Å². The van der Waals surface area contributed by atoms with Crippen molar-refractivity contribution in [2.45, 2.75) is 71.3 Å². The van der Waals surface area contributed by atoms with Gasteiger partial charge in [-0.05, 0) is 45.6 Å². The molecule has 34 heavy (non-hydrogen) atoms. The number of hydrogen-bond donors (Lipinski definition) is 0. The van der Waals surface area contributed by atoms with Gasteiger partial charge in [0.1, 0.15) is 12.4 Å². The van der Waals surface area contributed by atoms with Crippen LogP contribution < -0.4 is 9.47 Å². The summed E-state index contributed by atoms with van der Waals surface area (Å²) in [6.45, 7) is 8.04. The molecular formula is C24H29N7O3. The second kappa shape index (κ2) is 9.00. The highest BCUT2D eigenvalue weighted by Gasteiger charge is 2.29. The molecule has 1 aliphatic carbocycles. The fourth-order valence-corrected chi connectivity index (χ4v) is 4.49. The quantitative estimate of drug-likeness (QED) is 0.410. The first-order valence-electron chi connectivity index (χ1n) is 11.7. The lowest BCUT2D eigenvalue weighted by Gasteiger charge is -2.26. The monoisotopic (exact) mass is 463 g/mol. The first kappa shape index (κ1) is 22.2. The van der Waals surface area contributed by atoms with Gasteiger partial charge in [0.2, 0.25) is 11.8 Å². The zero-order valence-electron chi connectivity index (χ0n) is 20.1. The highest BCUT2D eigenvalue weighted by molar-refractivity contribution is 5.81. The normalized spacial score (nSPS) is 18.5. The van der Waals surface area contributed by atoms with Crippen molar-refractivity contribution in [2.75, 3.05) is 7.11 Å². The number of nitrogens with zero attached hydrogens (tertiary/aromatic N) is 7. The topological polar surface area (TPSA) is 113 Å². The van der Waals surface area contributed by atoms with E-state index in [-0.39, 0.29) is 17.9 Å². The van der Waals surface area contributed by atoms with E-state index in [0.717, 1.165) is 59.9 Å². The van der Waals surface area contributed by atoms with Gasteiger partial charge < -0.3 is 14.0 Å². The summed E-state index contributed by atoms with van der Waals surface area (Å²) < 4.78 is 18.8. The van der Waals surface area contributed by atoms with Gasteiger partial charge in [0.05, 0.1) is 18.4 Å². The molecule has 0 amide bonds. The van der Waals surface area contributed by atoms with Crippen molar-refractivity contribution in [3.63, 3.8) is 0 Å². The Morgan fingerprint density at radius 2 is 1.82 bits per heavy atom. The maximum absolute atomic E-state index is 6.31. The Morgan fingerprint density at radius 3 is 2.50 bits per heavy atom. The number of aromatic nitrogens is 7. The Balaban J connectivity index is 1.35. The summed E-state index contributed by atoms with van der Waals surface area (Å²) in [7, 11) is 1.61. The molecule has 178 valence electrons. The van der Waals surface area contributed by atoms with Crippen LogP contribution in [0.3, 0.4) is 0 Å².